The van der Waals surface area contributed by atoms with Crippen molar-refractivity contribution in [2.75, 3.05) is 13.2 Å². The zero-order chi connectivity index (χ0) is 12.1. The molecule has 10 heteroatoms. The van der Waals surface area contributed by atoms with Crippen LogP contribution < -0.4 is 0 Å². The zero-order valence-electron chi connectivity index (χ0n) is 7.06. The minimum absolute atomic E-state index is 0.210. The summed E-state index contributed by atoms with van der Waals surface area (Å²) in [5, 5.41) is 20.2. The second kappa shape index (κ2) is 6.08. The summed E-state index contributed by atoms with van der Waals surface area (Å²) in [5.41, 5.74) is 0. The van der Waals surface area contributed by atoms with Crippen LogP contribution in [0.5, 0.6) is 0 Å². The van der Waals surface area contributed by atoms with Crippen LogP contribution in [0.2, 0.25) is 0 Å². The Balaban J connectivity index is 4.34. The van der Waals surface area contributed by atoms with Crippen LogP contribution in [0.4, 0.5) is 4.39 Å². The molecule has 0 rings (SSSR count). The maximum atomic E-state index is 13.0. The van der Waals surface area contributed by atoms with Gasteiger partial charge in [-0.15, -0.1) is 0 Å². The number of alkyl halides is 1. The molecule has 0 spiro atoms. The quantitative estimate of drug-likeness (QED) is 0.315. The zero-order valence-corrected chi connectivity index (χ0v) is 10.2. The number of nitrogens with zero attached hydrogens (tertiary/aromatic N) is 2. The Kier molecular flexibility index (Phi) is 5.83. The van der Waals surface area contributed by atoms with Gasteiger partial charge < -0.3 is 4.74 Å². The molecule has 0 saturated heterocycles. The predicted molar refractivity (Wildman–Crippen MR) is 54.6 cm³/mol. The first kappa shape index (κ1) is 14.4. The van der Waals surface area contributed by atoms with Gasteiger partial charge in [0, 0.05) is 4.48 Å². The summed E-state index contributed by atoms with van der Waals surface area (Å²) in [6.45, 7) is -1.47. The van der Waals surface area contributed by atoms with Crippen LogP contribution in [0.15, 0.2) is 9.47 Å². The molecular formula is C5H5Br2FN2O5. The maximum Gasteiger partial charge on any atom is 0.637 e. The van der Waals surface area contributed by atoms with Gasteiger partial charge in [-0.05, 0) is 4.99 Å². The van der Waals surface area contributed by atoms with Crippen molar-refractivity contribution in [2.24, 2.45) is 0 Å². The first-order valence-electron chi connectivity index (χ1n) is 3.35. The smallest absolute Gasteiger partial charge is 0.358 e. The van der Waals surface area contributed by atoms with E-state index in [1.807, 2.05) is 0 Å². The minimum Gasteiger partial charge on any atom is -0.358 e. The Morgan fingerprint density at radius 3 is 2.27 bits per heavy atom. The van der Waals surface area contributed by atoms with Crippen molar-refractivity contribution in [1.82, 2.24) is 0 Å². The van der Waals surface area contributed by atoms with Gasteiger partial charge in [0.25, 0.3) is 0 Å². The summed E-state index contributed by atoms with van der Waals surface area (Å²) in [7, 11) is 0. The van der Waals surface area contributed by atoms with E-state index in [-0.39, 0.29) is 6.61 Å². The Morgan fingerprint density at radius 2 is 1.93 bits per heavy atom. The van der Waals surface area contributed by atoms with Gasteiger partial charge in [0.15, 0.2) is 0 Å². The van der Waals surface area contributed by atoms with E-state index in [0.717, 1.165) is 0 Å². The average molecular weight is 352 g/mol. The van der Waals surface area contributed by atoms with E-state index in [1.165, 1.54) is 4.99 Å². The molecule has 0 N–H and O–H groups in total. The molecular weight excluding hydrogens is 347 g/mol. The molecule has 86 valence electrons. The van der Waals surface area contributed by atoms with E-state index in [2.05, 4.69) is 36.6 Å². The van der Waals surface area contributed by atoms with Crippen molar-refractivity contribution in [3.05, 3.63) is 29.7 Å². The van der Waals surface area contributed by atoms with Crippen molar-refractivity contribution in [3.63, 3.8) is 0 Å². The van der Waals surface area contributed by atoms with Gasteiger partial charge in [-0.2, -0.15) is 0 Å². The fraction of sp³-hybridized carbons (Fsp3) is 0.600. The average Bonchev–Trinajstić information content (AvgIpc) is 2.16. The number of rotatable bonds is 6. The van der Waals surface area contributed by atoms with E-state index >= 15 is 0 Å². The molecule has 0 saturated carbocycles. The van der Waals surface area contributed by atoms with Crippen molar-refractivity contribution < 1.29 is 19.0 Å². The van der Waals surface area contributed by atoms with E-state index in [0.29, 0.717) is 4.48 Å². The van der Waals surface area contributed by atoms with E-state index in [4.69, 9.17) is 0 Å². The van der Waals surface area contributed by atoms with Gasteiger partial charge in [0.2, 0.25) is 6.61 Å². The monoisotopic (exact) mass is 350 g/mol. The Hall–Kier alpha value is -0.610. The van der Waals surface area contributed by atoms with Crippen LogP contribution in [0, 0.1) is 20.2 Å². The van der Waals surface area contributed by atoms with E-state index in [9.17, 15) is 24.6 Å². The van der Waals surface area contributed by atoms with Gasteiger partial charge in [-0.1, -0.05) is 36.3 Å². The highest BCUT2D eigenvalue weighted by molar-refractivity contribution is 9.14. The largest absolute Gasteiger partial charge is 0.637 e. The molecule has 0 radical (unpaired) electrons. The SMILES string of the molecule is O=[N+]([O-])C(F)(COC/C(Br)=C/Br)[N+](=O)[O-]. The normalized spacial score (nSPS) is 12.6. The first-order valence-corrected chi connectivity index (χ1v) is 5.06. The van der Waals surface area contributed by atoms with Crippen molar-refractivity contribution >= 4 is 31.9 Å². The summed E-state index contributed by atoms with van der Waals surface area (Å²) in [4.78, 5) is 18.3. The third-order valence-corrected chi connectivity index (χ3v) is 2.83. The molecule has 0 aliphatic heterocycles. The summed E-state index contributed by atoms with van der Waals surface area (Å²) in [6, 6.07) is 0. The molecule has 0 bridgehead atoms. The molecule has 0 atom stereocenters. The minimum atomic E-state index is -3.81. The van der Waals surface area contributed by atoms with Crippen molar-refractivity contribution in [1.29, 1.82) is 0 Å². The number of hydrogen-bond acceptors (Lipinski definition) is 5. The number of hydrogen-bond donors (Lipinski definition) is 0. The third-order valence-electron chi connectivity index (χ3n) is 1.20. The predicted octanol–water partition coefficient (Wildman–Crippen LogP) is 1.81. The molecule has 0 heterocycles. The molecule has 0 aromatic carbocycles. The van der Waals surface area contributed by atoms with Crippen LogP contribution in [-0.4, -0.2) is 29.0 Å². The second-order valence-corrected chi connectivity index (χ2v) is 3.76. The van der Waals surface area contributed by atoms with Gasteiger partial charge >= 0.3 is 5.92 Å². The summed E-state index contributed by atoms with van der Waals surface area (Å²) in [6.07, 6.45) is 0. The first-order chi connectivity index (χ1) is 6.84. The summed E-state index contributed by atoms with van der Waals surface area (Å²) in [5.74, 6) is -3.81. The molecule has 15 heavy (non-hydrogen) atoms. The van der Waals surface area contributed by atoms with Gasteiger partial charge in [0.1, 0.15) is 9.85 Å². The van der Waals surface area contributed by atoms with E-state index in [1.54, 1.807) is 0 Å². The molecule has 0 aliphatic carbocycles. The molecule has 0 fully saturated rings. The molecule has 0 aromatic heterocycles. The lowest BCUT2D eigenvalue weighted by Gasteiger charge is -2.08. The van der Waals surface area contributed by atoms with Crippen molar-refractivity contribution in [2.45, 2.75) is 5.92 Å². The standard InChI is InChI=1S/C5H5Br2FN2O5/c6-1-4(7)2-15-3-5(8,9(11)12)10(13)14/h1H,2-3H2/b4-1-. The Labute approximate surface area is 99.8 Å². The van der Waals surface area contributed by atoms with Gasteiger partial charge in [0.05, 0.1) is 6.61 Å². The third kappa shape index (κ3) is 4.18. The van der Waals surface area contributed by atoms with Crippen LogP contribution in [-0.2, 0) is 4.74 Å². The van der Waals surface area contributed by atoms with E-state index < -0.39 is 22.4 Å². The second-order valence-electron chi connectivity index (χ2n) is 2.28. The molecule has 0 aliphatic rings. The highest BCUT2D eigenvalue weighted by atomic mass is 79.9. The Bertz CT molecular complexity index is 283. The lowest BCUT2D eigenvalue weighted by atomic mass is 10.5. The number of nitro groups is 2. The summed E-state index contributed by atoms with van der Waals surface area (Å²) < 4.78 is 17.9. The lowest BCUT2D eigenvalue weighted by Crippen LogP contribution is -2.46. The highest BCUT2D eigenvalue weighted by Crippen LogP contribution is 2.15. The van der Waals surface area contributed by atoms with Crippen LogP contribution >= 0.6 is 31.9 Å². The molecule has 0 aromatic rings. The Morgan fingerprint density at radius 1 is 1.47 bits per heavy atom. The van der Waals surface area contributed by atoms with Crippen molar-refractivity contribution in [3.8, 4) is 0 Å². The maximum absolute atomic E-state index is 13.0. The van der Waals surface area contributed by atoms with Gasteiger partial charge in [-0.3, -0.25) is 20.2 Å². The fourth-order valence-electron chi connectivity index (χ4n) is 0.482. The van der Waals surface area contributed by atoms with Gasteiger partial charge in [-0.25, -0.2) is 0 Å². The van der Waals surface area contributed by atoms with Crippen LogP contribution in [0.1, 0.15) is 0 Å². The van der Waals surface area contributed by atoms with Crippen LogP contribution in [0.25, 0.3) is 0 Å². The van der Waals surface area contributed by atoms with Crippen LogP contribution in [0.3, 0.4) is 0 Å². The molecule has 0 unspecified atom stereocenters. The molecule has 7 nitrogen and oxygen atoms in total. The fourth-order valence-corrected chi connectivity index (χ4v) is 0.776. The summed E-state index contributed by atoms with van der Waals surface area (Å²) >= 11 is 5.85. The molecule has 0 amide bonds. The topological polar surface area (TPSA) is 95.5 Å². The number of halogens is 3. The lowest BCUT2D eigenvalue weighted by molar-refractivity contribution is -0.833. The number of ether oxygens (including phenoxy) is 1. The highest BCUT2D eigenvalue weighted by Gasteiger charge is 2.58.